The van der Waals surface area contributed by atoms with Crippen molar-refractivity contribution in [2.75, 3.05) is 0 Å². The van der Waals surface area contributed by atoms with Crippen molar-refractivity contribution in [3.63, 3.8) is 0 Å². The first-order chi connectivity index (χ1) is 34.0. The third-order valence-electron chi connectivity index (χ3n) is 12.5. The van der Waals surface area contributed by atoms with Crippen molar-refractivity contribution >= 4 is 21.8 Å². The smallest absolute Gasteiger partial charge is 0.160 e. The molecule has 0 spiro atoms. The average molecular weight is 878 g/mol. The summed E-state index contributed by atoms with van der Waals surface area (Å²) < 4.78 is 2.24. The zero-order chi connectivity index (χ0) is 46.8. The molecule has 0 bridgehead atoms. The van der Waals surface area contributed by atoms with Crippen LogP contribution in [0.4, 0.5) is 0 Å². The molecule has 0 aliphatic carbocycles. The molecule has 0 N–H and O–H groups in total. The molecule has 0 saturated carbocycles. The molecule has 0 atom stereocenters. The van der Waals surface area contributed by atoms with Crippen LogP contribution in [0, 0.1) is 45.3 Å². The van der Waals surface area contributed by atoms with Crippen LogP contribution in [-0.2, 0) is 0 Å². The molecular weight excluding hydrogens is 843 g/mol. The van der Waals surface area contributed by atoms with E-state index in [-0.39, 0.29) is 0 Å². The average Bonchev–Trinajstić information content (AvgIpc) is 3.75. The van der Waals surface area contributed by atoms with Crippen molar-refractivity contribution in [1.29, 1.82) is 21.0 Å². The van der Waals surface area contributed by atoms with Gasteiger partial charge in [-0.2, -0.15) is 21.0 Å². The van der Waals surface area contributed by atoms with Crippen molar-refractivity contribution in [3.8, 4) is 108 Å². The van der Waals surface area contributed by atoms with Crippen molar-refractivity contribution in [2.24, 2.45) is 0 Å². The van der Waals surface area contributed by atoms with Gasteiger partial charge in [-0.25, -0.2) is 9.97 Å². The van der Waals surface area contributed by atoms with Crippen LogP contribution in [-0.4, -0.2) is 14.5 Å². The predicted octanol–water partition coefficient (Wildman–Crippen LogP) is 14.7. The van der Waals surface area contributed by atoms with E-state index in [2.05, 4.69) is 77.4 Å². The van der Waals surface area contributed by atoms with Crippen LogP contribution in [0.15, 0.2) is 212 Å². The first kappa shape index (κ1) is 41.5. The van der Waals surface area contributed by atoms with Crippen LogP contribution < -0.4 is 0 Å². The zero-order valence-corrected chi connectivity index (χ0v) is 36.8. The van der Waals surface area contributed by atoms with Gasteiger partial charge in [-0.05, 0) is 101 Å². The van der Waals surface area contributed by atoms with E-state index in [1.807, 2.05) is 152 Å². The number of benzene rings is 9. The molecule has 318 valence electrons. The second kappa shape index (κ2) is 17.7. The quantitative estimate of drug-likeness (QED) is 0.150. The minimum Gasteiger partial charge on any atom is -0.308 e. The largest absolute Gasteiger partial charge is 0.308 e. The highest BCUT2D eigenvalue weighted by molar-refractivity contribution is 6.13. The normalized spacial score (nSPS) is 10.8. The summed E-state index contributed by atoms with van der Waals surface area (Å²) in [4.78, 5) is 10.5. The molecule has 0 unspecified atom stereocenters. The van der Waals surface area contributed by atoms with E-state index in [1.165, 1.54) is 0 Å². The minimum atomic E-state index is 0.472. The van der Waals surface area contributed by atoms with E-state index < -0.39 is 0 Å². The van der Waals surface area contributed by atoms with Crippen LogP contribution in [0.5, 0.6) is 0 Å². The summed E-state index contributed by atoms with van der Waals surface area (Å²) in [6.07, 6.45) is 0. The third kappa shape index (κ3) is 7.61. The second-order valence-corrected chi connectivity index (χ2v) is 16.6. The number of aromatic nitrogens is 3. The lowest BCUT2D eigenvalue weighted by molar-refractivity contribution is 1.16. The summed E-state index contributed by atoms with van der Waals surface area (Å²) in [5, 5.41) is 43.2. The molecule has 0 aliphatic heterocycles. The summed E-state index contributed by atoms with van der Waals surface area (Å²) in [7, 11) is 0. The van der Waals surface area contributed by atoms with Gasteiger partial charge >= 0.3 is 0 Å². The SMILES string of the molecule is N#Cc1cccc(-c2ccc3c(c2)c2cc(-c4cccc(C#N)c4)ccc2n3-c2c(-c3ccccc3C#N)cc(-c3nc(-c4ccccc4)cc(-c4ccccc4)n3)cc2-c2ccccc2C#N)c1. The van der Waals surface area contributed by atoms with E-state index in [0.717, 1.165) is 83.4 Å². The van der Waals surface area contributed by atoms with Gasteiger partial charge in [0.25, 0.3) is 0 Å². The Bertz CT molecular complexity index is 3760. The Morgan fingerprint density at radius 1 is 0.319 bits per heavy atom. The first-order valence-electron chi connectivity index (χ1n) is 22.3. The van der Waals surface area contributed by atoms with E-state index in [4.69, 9.17) is 9.97 Å². The second-order valence-electron chi connectivity index (χ2n) is 16.6. The molecule has 7 heteroatoms. The highest BCUT2D eigenvalue weighted by atomic mass is 15.0. The Morgan fingerprint density at radius 3 is 1.19 bits per heavy atom. The number of hydrogen-bond acceptors (Lipinski definition) is 6. The molecule has 9 aromatic carbocycles. The van der Waals surface area contributed by atoms with Gasteiger partial charge in [-0.15, -0.1) is 0 Å². The molecular formula is C62H35N7. The minimum absolute atomic E-state index is 0.472. The van der Waals surface area contributed by atoms with Gasteiger partial charge in [0.05, 0.1) is 74.6 Å². The van der Waals surface area contributed by atoms with Crippen molar-refractivity contribution in [3.05, 3.63) is 235 Å². The summed E-state index contributed by atoms with van der Waals surface area (Å²) in [6.45, 7) is 0. The van der Waals surface area contributed by atoms with Crippen molar-refractivity contribution in [1.82, 2.24) is 14.5 Å². The standard InChI is InChI=1S/C62H35N7/c63-36-40-13-11-21-44(29-40)46-25-27-59-53(31-46)54-32-47(45-22-12-14-41(30-45)37-64)26-28-60(54)69(59)61-55(51-23-9-7-19-48(51)38-65)33-50(34-56(61)52-24-10-8-20-49(52)39-66)62-67-57(42-15-3-1-4-16-42)35-58(68-62)43-17-5-2-6-18-43/h1-35H. The Kier molecular flexibility index (Phi) is 10.6. The maximum absolute atomic E-state index is 10.8. The number of hydrogen-bond donors (Lipinski definition) is 0. The van der Waals surface area contributed by atoms with Gasteiger partial charge in [-0.3, -0.25) is 0 Å². The van der Waals surface area contributed by atoms with Crippen LogP contribution >= 0.6 is 0 Å². The van der Waals surface area contributed by atoms with Crippen LogP contribution in [0.1, 0.15) is 22.3 Å². The molecule has 0 amide bonds. The monoisotopic (exact) mass is 877 g/mol. The fourth-order valence-corrected chi connectivity index (χ4v) is 9.30. The fourth-order valence-electron chi connectivity index (χ4n) is 9.30. The highest BCUT2D eigenvalue weighted by Gasteiger charge is 2.25. The lowest BCUT2D eigenvalue weighted by Gasteiger charge is -2.22. The van der Waals surface area contributed by atoms with E-state index in [9.17, 15) is 21.0 Å². The summed E-state index contributed by atoms with van der Waals surface area (Å²) >= 11 is 0. The molecule has 0 fully saturated rings. The number of nitriles is 4. The van der Waals surface area contributed by atoms with E-state index >= 15 is 0 Å². The lowest BCUT2D eigenvalue weighted by Crippen LogP contribution is -2.04. The number of rotatable bonds is 8. The first-order valence-corrected chi connectivity index (χ1v) is 22.3. The summed E-state index contributed by atoms with van der Waals surface area (Å²) in [6, 6.07) is 78.8. The Morgan fingerprint density at radius 2 is 0.739 bits per heavy atom. The molecule has 11 aromatic rings. The zero-order valence-electron chi connectivity index (χ0n) is 36.8. The van der Waals surface area contributed by atoms with Crippen LogP contribution in [0.2, 0.25) is 0 Å². The number of fused-ring (bicyclic) bond motifs is 3. The maximum Gasteiger partial charge on any atom is 0.160 e. The van der Waals surface area contributed by atoms with E-state index in [0.29, 0.717) is 44.8 Å². The Balaban J connectivity index is 1.28. The topological polar surface area (TPSA) is 126 Å². The molecule has 11 rings (SSSR count). The van der Waals surface area contributed by atoms with Crippen LogP contribution in [0.25, 0.3) is 106 Å². The molecule has 0 radical (unpaired) electrons. The fraction of sp³-hybridized carbons (Fsp3) is 0. The Labute approximate surface area is 398 Å². The van der Waals surface area contributed by atoms with Crippen LogP contribution in [0.3, 0.4) is 0 Å². The van der Waals surface area contributed by atoms with Crippen molar-refractivity contribution < 1.29 is 0 Å². The highest BCUT2D eigenvalue weighted by Crippen LogP contribution is 2.46. The summed E-state index contributed by atoms with van der Waals surface area (Å²) in [5.41, 5.74) is 15.1. The molecule has 69 heavy (non-hydrogen) atoms. The van der Waals surface area contributed by atoms with Gasteiger partial charge in [0, 0.05) is 49.7 Å². The van der Waals surface area contributed by atoms with Crippen molar-refractivity contribution in [2.45, 2.75) is 0 Å². The lowest BCUT2D eigenvalue weighted by atomic mass is 9.89. The Hall–Kier alpha value is -10.2. The molecule has 2 heterocycles. The molecule has 0 saturated heterocycles. The predicted molar refractivity (Wildman–Crippen MR) is 273 cm³/mol. The third-order valence-corrected chi connectivity index (χ3v) is 12.5. The number of nitrogens with zero attached hydrogens (tertiary/aromatic N) is 7. The van der Waals surface area contributed by atoms with Gasteiger partial charge in [-0.1, -0.05) is 133 Å². The van der Waals surface area contributed by atoms with Gasteiger partial charge in [0.15, 0.2) is 5.82 Å². The molecule has 7 nitrogen and oxygen atoms in total. The van der Waals surface area contributed by atoms with Gasteiger partial charge in [0.1, 0.15) is 0 Å². The molecule has 0 aliphatic rings. The van der Waals surface area contributed by atoms with Gasteiger partial charge < -0.3 is 4.57 Å². The van der Waals surface area contributed by atoms with E-state index in [1.54, 1.807) is 12.1 Å². The molecule has 2 aromatic heterocycles. The maximum atomic E-state index is 10.8. The van der Waals surface area contributed by atoms with Gasteiger partial charge in [0.2, 0.25) is 0 Å². The summed E-state index contributed by atoms with van der Waals surface area (Å²) in [5.74, 6) is 0.476.